The predicted molar refractivity (Wildman–Crippen MR) is 258 cm³/mol. The van der Waals surface area contributed by atoms with Crippen LogP contribution in [0.5, 0.6) is 0 Å². The van der Waals surface area contributed by atoms with E-state index in [9.17, 15) is 0 Å². The summed E-state index contributed by atoms with van der Waals surface area (Å²) < 4.78 is 2.18. The minimum atomic E-state index is -0.964. The van der Waals surface area contributed by atoms with Gasteiger partial charge in [0, 0.05) is 23.5 Å². The summed E-state index contributed by atoms with van der Waals surface area (Å²) in [4.78, 5) is 0. The number of rotatable bonds is 6. The third-order valence-electron chi connectivity index (χ3n) is 10.8. The normalized spacial score (nSPS) is 10.9. The average molecular weight is 1190 g/mol. The molecule has 10 rings (SSSR count). The first-order chi connectivity index (χ1) is 29.1. The molecule has 302 valence electrons. The molecule has 8 aromatic carbocycles. The van der Waals surface area contributed by atoms with Crippen LogP contribution in [0.2, 0.25) is 0 Å². The topological polar surface area (TPSA) is 4.93 Å². The monoisotopic (exact) mass is 1190 g/mol. The molecule has 61 heavy (non-hydrogen) atoms. The molecule has 0 atom stereocenters. The van der Waals surface area contributed by atoms with Crippen molar-refractivity contribution in [1.82, 2.24) is 4.57 Å². The van der Waals surface area contributed by atoms with Gasteiger partial charge in [-0.3, -0.25) is 11.8 Å². The quantitative estimate of drug-likeness (QED) is 0.0677. The molecular weight excluding hydrogens is 1140 g/mol. The van der Waals surface area contributed by atoms with E-state index in [1.54, 1.807) is 0 Å². The van der Waals surface area contributed by atoms with Gasteiger partial charge in [-0.25, -0.2) is 0 Å². The number of benzene rings is 8. The third kappa shape index (κ3) is 10.6. The fourth-order valence-electron chi connectivity index (χ4n) is 7.82. The zero-order valence-electron chi connectivity index (χ0n) is 33.5. The molecular formula is C56H43Au2NP2+2. The van der Waals surface area contributed by atoms with Gasteiger partial charge < -0.3 is 17.4 Å². The molecule has 0 radical (unpaired) electrons. The van der Waals surface area contributed by atoms with Crippen LogP contribution in [0.15, 0.2) is 218 Å². The van der Waals surface area contributed by atoms with Crippen LogP contribution in [0.25, 0.3) is 32.9 Å². The molecule has 0 fully saturated rings. The molecule has 0 N–H and O–H groups in total. The minimum absolute atomic E-state index is 0. The van der Waals surface area contributed by atoms with Crippen LogP contribution in [0.3, 0.4) is 0 Å². The van der Waals surface area contributed by atoms with Crippen LogP contribution in [-0.4, -0.2) is 4.57 Å². The van der Waals surface area contributed by atoms with Crippen molar-refractivity contribution in [3.63, 3.8) is 0 Å². The van der Waals surface area contributed by atoms with Crippen LogP contribution >= 0.6 is 15.8 Å². The minimum Gasteiger partial charge on any atom is -0.366 e. The van der Waals surface area contributed by atoms with E-state index in [4.69, 9.17) is 12.8 Å². The second kappa shape index (κ2) is 22.0. The predicted octanol–water partition coefficient (Wildman–Crippen LogP) is 11.6. The summed E-state index contributed by atoms with van der Waals surface area (Å²) in [6.07, 6.45) is 15.3. The van der Waals surface area contributed by atoms with Crippen molar-refractivity contribution < 1.29 is 44.8 Å². The molecule has 5 heteroatoms. The summed E-state index contributed by atoms with van der Waals surface area (Å²) in [5.41, 5.74) is 9.45. The smallest absolute Gasteiger partial charge is 0.366 e. The average Bonchev–Trinajstić information content (AvgIpc) is 3.83. The molecule has 1 nitrogen and oxygen atoms in total. The van der Waals surface area contributed by atoms with Gasteiger partial charge >= 0.3 is 44.8 Å². The summed E-state index contributed by atoms with van der Waals surface area (Å²) in [5.74, 6) is 9.87. The van der Waals surface area contributed by atoms with Crippen LogP contribution in [-0.2, 0) is 58.2 Å². The zero-order chi connectivity index (χ0) is 40.4. The first-order valence-corrected chi connectivity index (χ1v) is 22.9. The van der Waals surface area contributed by atoms with Gasteiger partial charge in [0.1, 0.15) is 32.9 Å². The van der Waals surface area contributed by atoms with Crippen molar-refractivity contribution >= 4 is 58.9 Å². The number of nitrogens with zero attached hydrogens (tertiary/aromatic N) is 1. The summed E-state index contributed by atoms with van der Waals surface area (Å²) in [6.45, 7) is 0. The maximum absolute atomic E-state index is 7.18. The second-order valence-corrected chi connectivity index (χ2v) is 19.0. The van der Waals surface area contributed by atoms with Gasteiger partial charge in [0.25, 0.3) is 0 Å². The van der Waals surface area contributed by atoms with Gasteiger partial charge in [-0.15, -0.1) is 35.4 Å². The molecule has 0 bridgehead atoms. The fourth-order valence-corrected chi connectivity index (χ4v) is 12.8. The molecule has 0 saturated carbocycles. The SMILES string of the molecule is C(=C/[PH+](c1ccccc1)c1ccccc1)/[PH+](c1ccccc1)c1ccccc1.[Au+].[Au+].[C-]#Cc1ccc2c(c1)Cc1ccccc1-2.[C-]#Cc1ccc2c(c1)c1ccccc1n2C. The number of hydrogen-bond acceptors (Lipinski definition) is 0. The van der Waals surface area contributed by atoms with Crippen LogP contribution in [0, 0.1) is 24.7 Å². The maximum Gasteiger partial charge on any atom is 1.00 e. The Hall–Kier alpha value is -5.24. The van der Waals surface area contributed by atoms with Crippen molar-refractivity contribution in [3.8, 4) is 23.0 Å². The van der Waals surface area contributed by atoms with Crippen LogP contribution in [0.4, 0.5) is 0 Å². The Balaban J connectivity index is 0.000000161. The number of para-hydroxylation sites is 1. The van der Waals surface area contributed by atoms with E-state index in [0.717, 1.165) is 17.5 Å². The number of fused-ring (bicyclic) bond motifs is 6. The molecule has 1 aliphatic rings. The fraction of sp³-hybridized carbons (Fsp3) is 0.0357. The van der Waals surface area contributed by atoms with E-state index < -0.39 is 15.8 Å². The summed E-state index contributed by atoms with van der Waals surface area (Å²) in [5, 5.41) is 8.14. The molecule has 0 saturated heterocycles. The third-order valence-corrected chi connectivity index (χ3v) is 15.9. The largest absolute Gasteiger partial charge is 1.00 e. The Bertz CT molecular complexity index is 2780. The first-order valence-electron chi connectivity index (χ1n) is 19.8. The first kappa shape index (κ1) is 45.3. The second-order valence-electron chi connectivity index (χ2n) is 14.4. The van der Waals surface area contributed by atoms with Crippen molar-refractivity contribution in [2.24, 2.45) is 7.05 Å². The Labute approximate surface area is 394 Å². The molecule has 9 aromatic rings. The van der Waals surface area contributed by atoms with Crippen molar-refractivity contribution in [2.45, 2.75) is 6.42 Å². The van der Waals surface area contributed by atoms with Gasteiger partial charge in [-0.05, 0) is 83.1 Å². The van der Waals surface area contributed by atoms with Gasteiger partial charge in [0.05, 0.1) is 15.8 Å². The Kier molecular flexibility index (Phi) is 16.4. The number of aryl methyl sites for hydroxylation is 1. The van der Waals surface area contributed by atoms with Gasteiger partial charge in [0.15, 0.2) is 0 Å². The number of aromatic nitrogens is 1. The Morgan fingerprint density at radius 1 is 0.426 bits per heavy atom. The zero-order valence-corrected chi connectivity index (χ0v) is 39.9. The molecule has 1 heterocycles. The summed E-state index contributed by atoms with van der Waals surface area (Å²) >= 11 is 0. The Morgan fingerprint density at radius 3 is 1.36 bits per heavy atom. The van der Waals surface area contributed by atoms with Crippen LogP contribution in [0.1, 0.15) is 22.3 Å². The molecule has 0 spiro atoms. The van der Waals surface area contributed by atoms with E-state index in [0.29, 0.717) is 0 Å². The van der Waals surface area contributed by atoms with Crippen molar-refractivity contribution in [3.05, 3.63) is 253 Å². The molecule has 0 unspecified atom stereocenters. The molecule has 1 aliphatic carbocycles. The van der Waals surface area contributed by atoms with E-state index in [1.165, 1.54) is 65.3 Å². The standard InChI is InChI=1S/C26H22P2.C15H10N.C15H9.2Au/c1-5-13-23(14-6-1)27(24-15-7-2-8-16-24)21-22-28(25-17-9-3-10-18-25)26-19-11-4-12-20-26;1-3-11-8-9-15-13(10-11)12-6-4-5-7-14(12)16(15)2;1-2-11-7-8-15-13(9-11)10-12-5-3-4-6-14(12)15;;/h1-22H;4-10H,2H3;3-9H,10H2;;/q;2*-1;2*+1/p+2/b22-21-;;;;. The van der Waals surface area contributed by atoms with Crippen molar-refractivity contribution in [1.29, 1.82) is 0 Å². The van der Waals surface area contributed by atoms with Gasteiger partial charge in [0.2, 0.25) is 0 Å². The summed E-state index contributed by atoms with van der Waals surface area (Å²) in [6, 6.07) is 72.6. The Morgan fingerprint density at radius 2 is 0.836 bits per heavy atom. The van der Waals surface area contributed by atoms with E-state index >= 15 is 0 Å². The van der Waals surface area contributed by atoms with E-state index in [2.05, 4.69) is 205 Å². The van der Waals surface area contributed by atoms with E-state index in [-0.39, 0.29) is 44.8 Å². The van der Waals surface area contributed by atoms with Crippen molar-refractivity contribution in [2.75, 3.05) is 0 Å². The van der Waals surface area contributed by atoms with Gasteiger partial charge in [-0.2, -0.15) is 0 Å². The van der Waals surface area contributed by atoms with Crippen LogP contribution < -0.4 is 21.2 Å². The molecule has 1 aromatic heterocycles. The van der Waals surface area contributed by atoms with Gasteiger partial charge in [-0.1, -0.05) is 133 Å². The molecule has 0 aliphatic heterocycles. The molecule has 0 amide bonds. The number of hydrogen-bond donors (Lipinski definition) is 0. The van der Waals surface area contributed by atoms with E-state index in [1.807, 2.05) is 36.4 Å². The summed E-state index contributed by atoms with van der Waals surface area (Å²) in [7, 11) is 0.140. The maximum atomic E-state index is 7.18.